The van der Waals surface area contributed by atoms with Gasteiger partial charge in [0.2, 0.25) is 0 Å². The summed E-state index contributed by atoms with van der Waals surface area (Å²) in [6.45, 7) is 8.99. The molecule has 0 spiro atoms. The monoisotopic (exact) mass is 336 g/mol. The van der Waals surface area contributed by atoms with E-state index in [-0.39, 0.29) is 30.1 Å². The van der Waals surface area contributed by atoms with Crippen LogP contribution in [-0.4, -0.2) is 24.9 Å². The fraction of sp³-hybridized carbons (Fsp3) is 0.429. The molecule has 4 heteroatoms. The zero-order valence-electron chi connectivity index (χ0n) is 15.4. The lowest BCUT2D eigenvalue weighted by atomic mass is 9.60. The molecule has 2 aliphatic rings. The van der Waals surface area contributed by atoms with Crippen molar-refractivity contribution in [3.63, 3.8) is 0 Å². The number of benzene rings is 2. The Kier molecular flexibility index (Phi) is 3.93. The Morgan fingerprint density at radius 2 is 1.44 bits per heavy atom. The van der Waals surface area contributed by atoms with Crippen molar-refractivity contribution >= 4 is 7.12 Å². The van der Waals surface area contributed by atoms with E-state index < -0.39 is 0 Å². The molecule has 2 heterocycles. The van der Waals surface area contributed by atoms with Crippen molar-refractivity contribution in [2.45, 2.75) is 50.6 Å². The van der Waals surface area contributed by atoms with Crippen LogP contribution in [0.1, 0.15) is 44.7 Å². The van der Waals surface area contributed by atoms with E-state index in [1.165, 1.54) is 11.1 Å². The Bertz CT molecular complexity index is 741. The molecular weight excluding hydrogens is 311 g/mol. The molecule has 0 amide bonds. The first-order valence-electron chi connectivity index (χ1n) is 9.01. The van der Waals surface area contributed by atoms with Crippen molar-refractivity contribution in [2.75, 3.05) is 6.61 Å². The highest BCUT2D eigenvalue weighted by atomic mass is 16.7. The number of rotatable bonds is 2. The number of para-hydroxylation sites is 1. The van der Waals surface area contributed by atoms with Crippen molar-refractivity contribution in [1.82, 2.24) is 0 Å². The van der Waals surface area contributed by atoms with Gasteiger partial charge in [0, 0.05) is 17.3 Å². The second-order valence-corrected chi connectivity index (χ2v) is 8.03. The molecule has 0 radical (unpaired) electrons. The van der Waals surface area contributed by atoms with E-state index in [4.69, 9.17) is 14.0 Å². The van der Waals surface area contributed by atoms with Gasteiger partial charge in [-0.05, 0) is 39.3 Å². The van der Waals surface area contributed by atoms with Crippen LogP contribution in [0, 0.1) is 0 Å². The van der Waals surface area contributed by atoms with Crippen LogP contribution >= 0.6 is 0 Å². The predicted octanol–water partition coefficient (Wildman–Crippen LogP) is 4.67. The van der Waals surface area contributed by atoms with E-state index in [1.54, 1.807) is 0 Å². The smallest absolute Gasteiger partial charge is 0.465 e. The fourth-order valence-electron chi connectivity index (χ4n) is 3.77. The topological polar surface area (TPSA) is 27.7 Å². The summed E-state index contributed by atoms with van der Waals surface area (Å²) in [5.41, 5.74) is 1.81. The summed E-state index contributed by atoms with van der Waals surface area (Å²) < 4.78 is 18.8. The maximum atomic E-state index is 6.37. The fourth-order valence-corrected chi connectivity index (χ4v) is 3.77. The number of fused-ring (bicyclic) bond motifs is 1. The first-order chi connectivity index (χ1) is 11.9. The van der Waals surface area contributed by atoms with Crippen molar-refractivity contribution < 1.29 is 14.0 Å². The SMILES string of the molecule is CC1(C)OB([C@H]2COc3ccccc3[C@@H]2c2ccccc2)OC1(C)C. The number of ether oxygens (including phenoxy) is 1. The van der Waals surface area contributed by atoms with Crippen LogP contribution < -0.4 is 4.74 Å². The Morgan fingerprint density at radius 1 is 0.840 bits per heavy atom. The van der Waals surface area contributed by atoms with Crippen LogP contribution in [0.25, 0.3) is 0 Å². The Labute approximate surface area is 150 Å². The molecule has 0 N–H and O–H groups in total. The van der Waals surface area contributed by atoms with E-state index >= 15 is 0 Å². The average Bonchev–Trinajstić information content (AvgIpc) is 2.82. The number of hydrogen-bond acceptors (Lipinski definition) is 3. The van der Waals surface area contributed by atoms with E-state index in [0.29, 0.717) is 6.61 Å². The third kappa shape index (κ3) is 2.78. The van der Waals surface area contributed by atoms with Gasteiger partial charge in [0.1, 0.15) is 5.75 Å². The van der Waals surface area contributed by atoms with Crippen LogP contribution in [0.5, 0.6) is 5.75 Å². The minimum atomic E-state index is -0.337. The maximum Gasteiger partial charge on any atom is 0.465 e. The van der Waals surface area contributed by atoms with Crippen LogP contribution in [0.2, 0.25) is 5.82 Å². The van der Waals surface area contributed by atoms with Gasteiger partial charge in [0.25, 0.3) is 0 Å². The molecule has 2 atom stereocenters. The predicted molar refractivity (Wildman–Crippen MR) is 100 cm³/mol. The lowest BCUT2D eigenvalue weighted by Crippen LogP contribution is -2.41. The molecular formula is C21H25BO3. The summed E-state index contributed by atoms with van der Waals surface area (Å²) in [5.74, 6) is 1.27. The van der Waals surface area contributed by atoms with Gasteiger partial charge in [-0.3, -0.25) is 0 Å². The molecule has 0 aromatic heterocycles. The lowest BCUT2D eigenvalue weighted by molar-refractivity contribution is 0.00578. The highest BCUT2D eigenvalue weighted by Gasteiger charge is 2.56. The molecule has 3 nitrogen and oxygen atoms in total. The Hall–Kier alpha value is -1.78. The zero-order chi connectivity index (χ0) is 17.7. The van der Waals surface area contributed by atoms with Gasteiger partial charge in [-0.2, -0.15) is 0 Å². The molecule has 25 heavy (non-hydrogen) atoms. The maximum absolute atomic E-state index is 6.37. The second kappa shape index (κ2) is 5.89. The standard InChI is InChI=1S/C21H25BO3/c1-20(2)21(3,4)25-22(24-20)17-14-23-18-13-9-8-12-16(18)19(17)15-10-6-5-7-11-15/h5-13,17,19H,14H2,1-4H3/t17-,19-/m0/s1. The molecule has 2 aromatic carbocycles. The second-order valence-electron chi connectivity index (χ2n) is 8.03. The molecule has 0 aliphatic carbocycles. The zero-order valence-corrected chi connectivity index (χ0v) is 15.4. The van der Waals surface area contributed by atoms with Crippen molar-refractivity contribution in [3.05, 3.63) is 65.7 Å². The summed E-state index contributed by atoms with van der Waals surface area (Å²) >= 11 is 0. The van der Waals surface area contributed by atoms with Gasteiger partial charge < -0.3 is 14.0 Å². The van der Waals surface area contributed by atoms with Gasteiger partial charge in [-0.25, -0.2) is 0 Å². The lowest BCUT2D eigenvalue weighted by Gasteiger charge is -2.35. The third-order valence-corrected chi connectivity index (χ3v) is 5.89. The van der Waals surface area contributed by atoms with Gasteiger partial charge in [-0.15, -0.1) is 0 Å². The average molecular weight is 336 g/mol. The van der Waals surface area contributed by atoms with Crippen LogP contribution in [0.15, 0.2) is 54.6 Å². The quantitative estimate of drug-likeness (QED) is 0.746. The minimum Gasteiger partial charge on any atom is -0.493 e. The summed E-state index contributed by atoms with van der Waals surface area (Å²) in [5, 5.41) is 0. The molecule has 2 aliphatic heterocycles. The van der Waals surface area contributed by atoms with Crippen LogP contribution in [0.3, 0.4) is 0 Å². The molecule has 1 fully saturated rings. The van der Waals surface area contributed by atoms with Crippen molar-refractivity contribution in [3.8, 4) is 5.75 Å². The van der Waals surface area contributed by atoms with Gasteiger partial charge in [0.05, 0.1) is 17.8 Å². The molecule has 4 rings (SSSR count). The molecule has 0 bridgehead atoms. The Morgan fingerprint density at radius 3 is 2.12 bits per heavy atom. The van der Waals surface area contributed by atoms with Gasteiger partial charge in [0.15, 0.2) is 0 Å². The van der Waals surface area contributed by atoms with E-state index in [2.05, 4.69) is 70.2 Å². The first kappa shape index (κ1) is 16.7. The summed E-state index contributed by atoms with van der Waals surface area (Å²) in [6.07, 6.45) is 0. The number of hydrogen-bond donors (Lipinski definition) is 0. The summed E-state index contributed by atoms with van der Waals surface area (Å²) in [6, 6.07) is 18.9. The highest BCUT2D eigenvalue weighted by molar-refractivity contribution is 6.48. The minimum absolute atomic E-state index is 0.110. The molecule has 0 unspecified atom stereocenters. The molecule has 2 aromatic rings. The highest BCUT2D eigenvalue weighted by Crippen LogP contribution is 2.50. The Balaban J connectivity index is 1.75. The first-order valence-corrected chi connectivity index (χ1v) is 9.01. The summed E-state index contributed by atoms with van der Waals surface area (Å²) in [4.78, 5) is 0. The van der Waals surface area contributed by atoms with E-state index in [0.717, 1.165) is 5.75 Å². The molecule has 130 valence electrons. The van der Waals surface area contributed by atoms with Crippen LogP contribution in [0.4, 0.5) is 0 Å². The van der Waals surface area contributed by atoms with Crippen molar-refractivity contribution in [1.29, 1.82) is 0 Å². The van der Waals surface area contributed by atoms with E-state index in [1.807, 2.05) is 12.1 Å². The van der Waals surface area contributed by atoms with E-state index in [9.17, 15) is 0 Å². The third-order valence-electron chi connectivity index (χ3n) is 5.89. The molecule has 0 saturated carbocycles. The van der Waals surface area contributed by atoms with Crippen LogP contribution in [-0.2, 0) is 9.31 Å². The molecule has 1 saturated heterocycles. The van der Waals surface area contributed by atoms with Crippen molar-refractivity contribution in [2.24, 2.45) is 0 Å². The normalized spacial score (nSPS) is 26.8. The van der Waals surface area contributed by atoms with Gasteiger partial charge in [-0.1, -0.05) is 48.5 Å². The van der Waals surface area contributed by atoms with Gasteiger partial charge >= 0.3 is 7.12 Å². The summed E-state index contributed by atoms with van der Waals surface area (Å²) in [7, 11) is -0.288. The largest absolute Gasteiger partial charge is 0.493 e.